The predicted molar refractivity (Wildman–Crippen MR) is 79.8 cm³/mol. The van der Waals surface area contributed by atoms with E-state index in [0.29, 0.717) is 17.9 Å². The van der Waals surface area contributed by atoms with Crippen molar-refractivity contribution >= 4 is 11.7 Å². The highest BCUT2D eigenvalue weighted by Gasteiger charge is 2.16. The number of anilines is 1. The number of nitrogens with two attached hydrogens (primary N) is 1. The van der Waals surface area contributed by atoms with E-state index in [-0.39, 0.29) is 11.7 Å². The third-order valence-corrected chi connectivity index (χ3v) is 3.09. The average molecular weight is 290 g/mol. The van der Waals surface area contributed by atoms with Crippen molar-refractivity contribution in [1.29, 1.82) is 0 Å². The Morgan fingerprint density at radius 1 is 1.43 bits per heavy atom. The standard InChI is InChI=1S/C15H19FN4O/c1-3-4-13(17)15(21)18-14-9-10(2)19-20(14)12-7-5-11(16)6-8-12/h5-9,13H,3-4,17H2,1-2H3,(H,18,21). The van der Waals surface area contributed by atoms with Gasteiger partial charge in [0.2, 0.25) is 5.91 Å². The highest BCUT2D eigenvalue weighted by Crippen LogP contribution is 2.17. The minimum atomic E-state index is -0.549. The van der Waals surface area contributed by atoms with Gasteiger partial charge in [-0.2, -0.15) is 5.10 Å². The zero-order valence-electron chi connectivity index (χ0n) is 12.1. The third kappa shape index (κ3) is 3.66. The van der Waals surface area contributed by atoms with Crippen molar-refractivity contribution < 1.29 is 9.18 Å². The van der Waals surface area contributed by atoms with Crippen LogP contribution in [0.25, 0.3) is 5.69 Å². The quantitative estimate of drug-likeness (QED) is 0.888. The van der Waals surface area contributed by atoms with Crippen LogP contribution < -0.4 is 11.1 Å². The van der Waals surface area contributed by atoms with Crippen molar-refractivity contribution in [3.8, 4) is 5.69 Å². The molecule has 1 heterocycles. The van der Waals surface area contributed by atoms with Gasteiger partial charge in [0.1, 0.15) is 11.6 Å². The smallest absolute Gasteiger partial charge is 0.242 e. The molecule has 5 nitrogen and oxygen atoms in total. The van der Waals surface area contributed by atoms with Crippen LogP contribution in [0.1, 0.15) is 25.5 Å². The number of nitrogens with one attached hydrogen (secondary N) is 1. The van der Waals surface area contributed by atoms with Crippen molar-refractivity contribution in [2.75, 3.05) is 5.32 Å². The molecular weight excluding hydrogens is 271 g/mol. The number of aromatic nitrogens is 2. The van der Waals surface area contributed by atoms with Gasteiger partial charge >= 0.3 is 0 Å². The molecule has 0 aliphatic rings. The summed E-state index contributed by atoms with van der Waals surface area (Å²) in [7, 11) is 0. The number of hydrogen-bond donors (Lipinski definition) is 2. The lowest BCUT2D eigenvalue weighted by Crippen LogP contribution is -2.35. The van der Waals surface area contributed by atoms with E-state index in [4.69, 9.17) is 5.73 Å². The Morgan fingerprint density at radius 2 is 2.10 bits per heavy atom. The summed E-state index contributed by atoms with van der Waals surface area (Å²) in [6, 6.07) is 7.10. The molecule has 0 saturated carbocycles. The second-order valence-corrected chi connectivity index (χ2v) is 4.94. The fraction of sp³-hybridized carbons (Fsp3) is 0.333. The highest BCUT2D eigenvalue weighted by molar-refractivity contribution is 5.94. The first kappa shape index (κ1) is 15.2. The van der Waals surface area contributed by atoms with Crippen molar-refractivity contribution in [3.05, 3.63) is 41.8 Å². The molecule has 0 aliphatic carbocycles. The number of halogens is 1. The molecule has 2 rings (SSSR count). The first-order valence-electron chi connectivity index (χ1n) is 6.90. The molecule has 0 fully saturated rings. The Hall–Kier alpha value is -2.21. The topological polar surface area (TPSA) is 72.9 Å². The fourth-order valence-corrected chi connectivity index (χ4v) is 2.03. The summed E-state index contributed by atoms with van der Waals surface area (Å²) in [4.78, 5) is 12.0. The molecule has 0 saturated heterocycles. The Bertz CT molecular complexity index is 621. The molecular formula is C15H19FN4O. The monoisotopic (exact) mass is 290 g/mol. The van der Waals surface area contributed by atoms with Gasteiger partial charge in [0.25, 0.3) is 0 Å². The van der Waals surface area contributed by atoms with Crippen molar-refractivity contribution in [2.24, 2.45) is 5.73 Å². The maximum Gasteiger partial charge on any atom is 0.242 e. The first-order chi connectivity index (χ1) is 10.0. The van der Waals surface area contributed by atoms with Gasteiger partial charge < -0.3 is 11.1 Å². The van der Waals surface area contributed by atoms with Crippen LogP contribution in [0, 0.1) is 12.7 Å². The summed E-state index contributed by atoms with van der Waals surface area (Å²) in [6.45, 7) is 3.79. The van der Waals surface area contributed by atoms with Crippen LogP contribution in [0.4, 0.5) is 10.2 Å². The summed E-state index contributed by atoms with van der Waals surface area (Å²) >= 11 is 0. The number of aryl methyl sites for hydroxylation is 1. The van der Waals surface area contributed by atoms with Gasteiger partial charge in [0.05, 0.1) is 17.4 Å². The van der Waals surface area contributed by atoms with Crippen molar-refractivity contribution in [3.63, 3.8) is 0 Å². The largest absolute Gasteiger partial charge is 0.320 e. The molecule has 0 aliphatic heterocycles. The minimum Gasteiger partial charge on any atom is -0.320 e. The lowest BCUT2D eigenvalue weighted by molar-refractivity contribution is -0.117. The second kappa shape index (κ2) is 6.49. The van der Waals surface area contributed by atoms with E-state index in [2.05, 4.69) is 10.4 Å². The molecule has 1 aromatic heterocycles. The van der Waals surface area contributed by atoms with Crippen molar-refractivity contribution in [2.45, 2.75) is 32.7 Å². The van der Waals surface area contributed by atoms with Gasteiger partial charge in [-0.25, -0.2) is 9.07 Å². The fourth-order valence-electron chi connectivity index (χ4n) is 2.03. The van der Waals surface area contributed by atoms with Crippen LogP contribution in [0.2, 0.25) is 0 Å². The van der Waals surface area contributed by atoms with E-state index >= 15 is 0 Å². The molecule has 1 unspecified atom stereocenters. The maximum atomic E-state index is 13.0. The first-order valence-corrected chi connectivity index (χ1v) is 6.90. The molecule has 0 radical (unpaired) electrons. The number of carbonyl (C=O) groups excluding carboxylic acids is 1. The number of nitrogens with zero attached hydrogens (tertiary/aromatic N) is 2. The van der Waals surface area contributed by atoms with Crippen LogP contribution in [0.15, 0.2) is 30.3 Å². The summed E-state index contributed by atoms with van der Waals surface area (Å²) < 4.78 is 14.6. The van der Waals surface area contributed by atoms with E-state index in [0.717, 1.165) is 12.1 Å². The maximum absolute atomic E-state index is 13.0. The van der Waals surface area contributed by atoms with Crippen LogP contribution >= 0.6 is 0 Å². The Balaban J connectivity index is 2.25. The molecule has 1 aromatic carbocycles. The molecule has 6 heteroatoms. The van der Waals surface area contributed by atoms with Crippen LogP contribution in [0.3, 0.4) is 0 Å². The minimum absolute atomic E-state index is 0.250. The molecule has 0 spiro atoms. The van der Waals surface area contributed by atoms with E-state index in [1.807, 2.05) is 13.8 Å². The average Bonchev–Trinajstić information content (AvgIpc) is 2.80. The summed E-state index contributed by atoms with van der Waals surface area (Å²) in [5.74, 6) is -0.0473. The normalized spacial score (nSPS) is 12.2. The van der Waals surface area contributed by atoms with Gasteiger partial charge in [0.15, 0.2) is 0 Å². The van der Waals surface area contributed by atoms with Crippen LogP contribution in [-0.2, 0) is 4.79 Å². The van der Waals surface area contributed by atoms with E-state index < -0.39 is 6.04 Å². The second-order valence-electron chi connectivity index (χ2n) is 4.94. The van der Waals surface area contributed by atoms with Gasteiger partial charge in [-0.3, -0.25) is 4.79 Å². The summed E-state index contributed by atoms with van der Waals surface area (Å²) in [6.07, 6.45) is 1.46. The Morgan fingerprint density at radius 3 is 2.71 bits per heavy atom. The van der Waals surface area contributed by atoms with E-state index in [9.17, 15) is 9.18 Å². The molecule has 1 amide bonds. The highest BCUT2D eigenvalue weighted by atomic mass is 19.1. The van der Waals surface area contributed by atoms with Gasteiger partial charge in [-0.15, -0.1) is 0 Å². The number of rotatable bonds is 5. The van der Waals surface area contributed by atoms with Gasteiger partial charge in [-0.05, 0) is 37.6 Å². The van der Waals surface area contributed by atoms with Gasteiger partial charge in [-0.1, -0.05) is 13.3 Å². The van der Waals surface area contributed by atoms with E-state index in [1.165, 1.54) is 12.1 Å². The lowest BCUT2D eigenvalue weighted by Gasteiger charge is -2.12. The van der Waals surface area contributed by atoms with Gasteiger partial charge in [0, 0.05) is 6.07 Å². The van der Waals surface area contributed by atoms with E-state index in [1.54, 1.807) is 22.9 Å². The molecule has 0 bridgehead atoms. The molecule has 3 N–H and O–H groups in total. The third-order valence-electron chi connectivity index (χ3n) is 3.09. The predicted octanol–water partition coefficient (Wildman–Crippen LogP) is 2.39. The molecule has 2 aromatic rings. The van der Waals surface area contributed by atoms with Crippen molar-refractivity contribution in [1.82, 2.24) is 9.78 Å². The number of benzene rings is 1. The molecule has 21 heavy (non-hydrogen) atoms. The SMILES string of the molecule is CCCC(N)C(=O)Nc1cc(C)nn1-c1ccc(F)cc1. The summed E-state index contributed by atoms with van der Waals surface area (Å²) in [5.41, 5.74) is 7.22. The zero-order valence-corrected chi connectivity index (χ0v) is 12.1. The Labute approximate surface area is 123 Å². The lowest BCUT2D eigenvalue weighted by atomic mass is 10.2. The van der Waals surface area contributed by atoms with Crippen LogP contribution in [-0.4, -0.2) is 21.7 Å². The Kier molecular flexibility index (Phi) is 4.70. The zero-order chi connectivity index (χ0) is 15.4. The number of amides is 1. The number of hydrogen-bond acceptors (Lipinski definition) is 3. The van der Waals surface area contributed by atoms with Crippen LogP contribution in [0.5, 0.6) is 0 Å². The molecule has 1 atom stereocenters. The summed E-state index contributed by atoms with van der Waals surface area (Å²) in [5, 5.41) is 7.08. The molecule has 112 valence electrons. The number of carbonyl (C=O) groups is 1.